The zero-order valence-electron chi connectivity index (χ0n) is 55.6. The van der Waals surface area contributed by atoms with Crippen molar-refractivity contribution in [1.29, 1.82) is 0 Å². The van der Waals surface area contributed by atoms with Crippen LogP contribution in [0.15, 0.2) is 249 Å². The molecule has 0 atom stereocenters. The fraction of sp³-hybridized carbons (Fsp3) is 0.182. The van der Waals surface area contributed by atoms with E-state index in [1.165, 1.54) is 127 Å². The summed E-state index contributed by atoms with van der Waals surface area (Å²) in [6.07, 6.45) is 0. The van der Waals surface area contributed by atoms with Crippen LogP contribution in [0.3, 0.4) is 0 Å². The zero-order chi connectivity index (χ0) is 64.0. The van der Waals surface area contributed by atoms with E-state index in [4.69, 9.17) is 0 Å². The van der Waals surface area contributed by atoms with Gasteiger partial charge in [-0.05, 0) is 148 Å². The van der Waals surface area contributed by atoms with Crippen LogP contribution in [0.5, 0.6) is 0 Å². The predicted molar refractivity (Wildman–Crippen MR) is 401 cm³/mol. The number of anilines is 4. The van der Waals surface area contributed by atoms with Gasteiger partial charge in [-0.1, -0.05) is 283 Å². The summed E-state index contributed by atoms with van der Waals surface area (Å²) in [4.78, 5) is 0. The van der Waals surface area contributed by atoms with Crippen LogP contribution >= 0.6 is 0 Å². The molecule has 0 saturated heterocycles. The minimum absolute atomic E-state index is 0.0982. The summed E-state index contributed by atoms with van der Waals surface area (Å²) >= 11 is 0. The average molecular weight is 1200 g/mol. The van der Waals surface area contributed by atoms with Gasteiger partial charge in [-0.25, -0.2) is 0 Å². The van der Waals surface area contributed by atoms with Crippen molar-refractivity contribution in [2.24, 2.45) is 0 Å². The van der Waals surface area contributed by atoms with Crippen LogP contribution in [0.4, 0.5) is 22.7 Å². The van der Waals surface area contributed by atoms with Gasteiger partial charge in [0, 0.05) is 72.4 Å². The summed E-state index contributed by atoms with van der Waals surface area (Å²) in [6, 6.07) is 94.6. The Morgan fingerprint density at radius 3 is 0.935 bits per heavy atom. The molecule has 2 aromatic heterocycles. The third-order valence-electron chi connectivity index (χ3n) is 20.1. The summed E-state index contributed by atoms with van der Waals surface area (Å²) in [6.45, 7) is 28.0. The third-order valence-corrected chi connectivity index (χ3v) is 20.1. The summed E-state index contributed by atoms with van der Waals surface area (Å²) in [5.74, 6) is 0. The number of nitrogens with zero attached hydrogens (tertiary/aromatic N) is 2. The Hall–Kier alpha value is -10.1. The van der Waals surface area contributed by atoms with E-state index in [9.17, 15) is 0 Å². The Balaban J connectivity index is 1.07. The zero-order valence-corrected chi connectivity index (χ0v) is 55.6. The summed E-state index contributed by atoms with van der Waals surface area (Å²) < 4.78 is 4.92. The number of fused-ring (bicyclic) bond motifs is 10. The van der Waals surface area contributed by atoms with Gasteiger partial charge >= 0.3 is 0 Å². The second kappa shape index (κ2) is 21.2. The first-order valence-corrected chi connectivity index (χ1v) is 33.3. The molecule has 454 valence electrons. The molecule has 0 radical (unpaired) electrons. The molecule has 12 aromatic carbocycles. The molecule has 93 heavy (non-hydrogen) atoms. The largest absolute Gasteiger partial charge is 0.356 e. The van der Waals surface area contributed by atoms with Crippen molar-refractivity contribution in [1.82, 2.24) is 9.13 Å². The lowest BCUT2D eigenvalue weighted by Crippen LogP contribution is -2.59. The van der Waals surface area contributed by atoms with E-state index in [-0.39, 0.29) is 28.4 Å². The summed E-state index contributed by atoms with van der Waals surface area (Å²) in [5, 5.41) is 13.8. The molecule has 0 spiro atoms. The van der Waals surface area contributed by atoms with Gasteiger partial charge in [0.2, 0.25) is 0 Å². The first kappa shape index (κ1) is 58.0. The lowest BCUT2D eigenvalue weighted by molar-refractivity contribution is 0.568. The minimum Gasteiger partial charge on any atom is -0.356 e. The molecule has 16 rings (SSSR count). The number of hydrogen-bond donors (Lipinski definition) is 2. The van der Waals surface area contributed by atoms with Crippen LogP contribution in [-0.4, -0.2) is 15.8 Å². The molecule has 2 aliphatic heterocycles. The Morgan fingerprint density at radius 1 is 0.280 bits per heavy atom. The molecular formula is C88H79BN4. The third kappa shape index (κ3) is 9.56. The number of aromatic nitrogens is 2. The number of benzene rings is 12. The first-order valence-electron chi connectivity index (χ1n) is 33.3. The molecule has 0 unspecified atom stereocenters. The second-order valence-corrected chi connectivity index (χ2v) is 30.3. The first-order chi connectivity index (χ1) is 44.7. The lowest BCUT2D eigenvalue weighted by atomic mass is 9.33. The quantitative estimate of drug-likeness (QED) is 0.156. The van der Waals surface area contributed by atoms with Crippen LogP contribution in [0, 0.1) is 0 Å². The van der Waals surface area contributed by atoms with Gasteiger partial charge in [-0.2, -0.15) is 0 Å². The highest BCUT2D eigenvalue weighted by Crippen LogP contribution is 2.55. The molecule has 4 nitrogen and oxygen atoms in total. The number of rotatable bonds is 7. The van der Waals surface area contributed by atoms with E-state index in [1.54, 1.807) is 0 Å². The normalized spacial score (nSPS) is 13.1. The van der Waals surface area contributed by atoms with Gasteiger partial charge in [0.05, 0.1) is 22.1 Å². The van der Waals surface area contributed by atoms with Crippen molar-refractivity contribution >= 4 is 89.5 Å². The van der Waals surface area contributed by atoms with E-state index in [0.717, 1.165) is 45.3 Å². The SMILES string of the molecule is CC(C)(C)c1cc(-c2ccccc2-c2c3c4c(c(-c5ccccc5-c5cc(C(C)(C)C)cc(C(C)(C)C)c5)c2-c2ccccc2)Nc2cc(-n5c6ccccc6c6ccccc65)ccc2B4c2ccc(-n4c5ccccc5c5ccccc54)cc2N3)cc(C(C)(C)C)c1. The monoisotopic (exact) mass is 1200 g/mol. The van der Waals surface area contributed by atoms with E-state index in [0.29, 0.717) is 0 Å². The number of hydrogen-bond acceptors (Lipinski definition) is 2. The molecule has 5 heteroatoms. The maximum atomic E-state index is 4.43. The Bertz CT molecular complexity index is 4890. The fourth-order valence-corrected chi connectivity index (χ4v) is 15.2. The lowest BCUT2D eigenvalue weighted by Gasteiger charge is -2.39. The highest BCUT2D eigenvalue weighted by molar-refractivity contribution is 7.00. The van der Waals surface area contributed by atoms with Crippen molar-refractivity contribution in [3.8, 4) is 67.0 Å². The Kier molecular flexibility index (Phi) is 13.2. The molecule has 14 aromatic rings. The van der Waals surface area contributed by atoms with E-state index < -0.39 is 0 Å². The Labute approximate surface area is 548 Å². The maximum Gasteiger partial charge on any atom is 0.252 e. The molecule has 0 fully saturated rings. The molecule has 0 aliphatic carbocycles. The average Bonchev–Trinajstić information content (AvgIpc) is 1.29. The van der Waals surface area contributed by atoms with Gasteiger partial charge in [0.25, 0.3) is 6.71 Å². The topological polar surface area (TPSA) is 33.9 Å². The fourth-order valence-electron chi connectivity index (χ4n) is 15.2. The predicted octanol–water partition coefficient (Wildman–Crippen LogP) is 22.0. The van der Waals surface area contributed by atoms with Crippen molar-refractivity contribution in [2.45, 2.75) is 105 Å². The van der Waals surface area contributed by atoms with E-state index in [2.05, 4.69) is 352 Å². The molecule has 0 amide bonds. The van der Waals surface area contributed by atoms with Crippen molar-refractivity contribution in [3.05, 3.63) is 271 Å². The molecule has 2 aliphatic rings. The van der Waals surface area contributed by atoms with Gasteiger partial charge in [-0.15, -0.1) is 0 Å². The van der Waals surface area contributed by atoms with Crippen molar-refractivity contribution in [3.63, 3.8) is 0 Å². The van der Waals surface area contributed by atoms with Crippen LogP contribution in [0.25, 0.3) is 111 Å². The van der Waals surface area contributed by atoms with Crippen LogP contribution < -0.4 is 27.0 Å². The van der Waals surface area contributed by atoms with Gasteiger partial charge in [-0.3, -0.25) is 0 Å². The Morgan fingerprint density at radius 2 is 0.591 bits per heavy atom. The number of para-hydroxylation sites is 4. The molecule has 4 heterocycles. The molecule has 0 bridgehead atoms. The van der Waals surface area contributed by atoms with Crippen molar-refractivity contribution in [2.75, 3.05) is 10.6 Å². The van der Waals surface area contributed by atoms with Gasteiger partial charge < -0.3 is 19.8 Å². The molecule has 0 saturated carbocycles. The van der Waals surface area contributed by atoms with Gasteiger partial charge in [0.15, 0.2) is 0 Å². The van der Waals surface area contributed by atoms with E-state index >= 15 is 0 Å². The number of nitrogens with one attached hydrogen (secondary N) is 2. The highest BCUT2D eigenvalue weighted by atomic mass is 15.0. The van der Waals surface area contributed by atoms with Crippen LogP contribution in [-0.2, 0) is 21.7 Å². The second-order valence-electron chi connectivity index (χ2n) is 30.3. The molecule has 2 N–H and O–H groups in total. The summed E-state index contributed by atoms with van der Waals surface area (Å²) in [5.41, 5.74) is 31.7. The maximum absolute atomic E-state index is 4.43. The van der Waals surface area contributed by atoms with Crippen LogP contribution in [0.2, 0.25) is 0 Å². The minimum atomic E-state index is -0.197. The standard InChI is InChI=1S/C88H79BN4/c1-85(2,3)57-46-55(47-58(50-57)86(4,5)6)63-30-16-18-36-69(63)80-79(54-28-14-13-15-29-54)81(70-37-19-17-31-64(70)56-48-59(87(7,8)9)51-60(49-56)88(10,11)12)84-82-83(80)90-73-52-61(92-75-38-24-20-32-65(75)66-33-21-25-39-76(66)92)42-44-71(73)89(82)72-45-43-62(53-74(72)91-84)93-77-40-26-22-34-67(77)68-35-23-27-41-78(68)93/h13-53,90-91H,1-12H3. The van der Waals surface area contributed by atoms with Crippen LogP contribution in [0.1, 0.15) is 105 Å². The highest BCUT2D eigenvalue weighted by Gasteiger charge is 2.43. The smallest absolute Gasteiger partial charge is 0.252 e. The molecular weight excluding hydrogens is 1120 g/mol. The van der Waals surface area contributed by atoms with E-state index in [1.807, 2.05) is 0 Å². The van der Waals surface area contributed by atoms with Gasteiger partial charge in [0.1, 0.15) is 0 Å². The summed E-state index contributed by atoms with van der Waals surface area (Å²) in [7, 11) is 0. The van der Waals surface area contributed by atoms with Crippen molar-refractivity contribution < 1.29 is 0 Å².